The van der Waals surface area contributed by atoms with Gasteiger partial charge in [-0.2, -0.15) is 0 Å². The molecule has 6 nitrogen and oxygen atoms in total. The average Bonchev–Trinajstić information content (AvgIpc) is 2.85. The second-order valence-corrected chi connectivity index (χ2v) is 6.21. The lowest BCUT2D eigenvalue weighted by molar-refractivity contribution is 0.0701. The monoisotopic (exact) mass is 330 g/mol. The molecule has 0 saturated heterocycles. The van der Waals surface area contributed by atoms with Crippen LogP contribution in [-0.2, 0) is 13.0 Å². The topological polar surface area (TPSA) is 92.2 Å². The summed E-state index contributed by atoms with van der Waals surface area (Å²) >= 11 is 0.915. The van der Waals surface area contributed by atoms with Crippen LogP contribution in [-0.4, -0.2) is 20.6 Å². The number of aryl methyl sites for hydroxylation is 2. The van der Waals surface area contributed by atoms with Crippen LogP contribution in [0.5, 0.6) is 0 Å². The van der Waals surface area contributed by atoms with Crippen molar-refractivity contribution in [3.8, 4) is 0 Å². The Morgan fingerprint density at radius 3 is 2.61 bits per heavy atom. The minimum atomic E-state index is -1.10. The van der Waals surface area contributed by atoms with Gasteiger partial charge in [-0.25, -0.2) is 9.59 Å². The molecule has 0 bridgehead atoms. The summed E-state index contributed by atoms with van der Waals surface area (Å²) in [6, 6.07) is 9.55. The van der Waals surface area contributed by atoms with E-state index in [1.165, 1.54) is 0 Å². The van der Waals surface area contributed by atoms with Gasteiger partial charge in [-0.1, -0.05) is 30.3 Å². The van der Waals surface area contributed by atoms with E-state index in [2.05, 4.69) is 4.98 Å². The van der Waals surface area contributed by atoms with Crippen LogP contribution in [0.1, 0.15) is 20.8 Å². The van der Waals surface area contributed by atoms with Crippen LogP contribution < -0.4 is 11.2 Å². The molecule has 0 atom stereocenters. The lowest BCUT2D eigenvalue weighted by atomic mass is 10.1. The summed E-state index contributed by atoms with van der Waals surface area (Å²) in [7, 11) is 0. The summed E-state index contributed by atoms with van der Waals surface area (Å²) in [5, 5.41) is 9.44. The summed E-state index contributed by atoms with van der Waals surface area (Å²) in [6.45, 7) is 1.83. The number of aromatic amines is 1. The Hall–Kier alpha value is -2.67. The third kappa shape index (κ3) is 2.70. The molecule has 23 heavy (non-hydrogen) atoms. The molecule has 2 aromatic heterocycles. The lowest BCUT2D eigenvalue weighted by Crippen LogP contribution is -2.35. The maximum atomic E-state index is 12.6. The number of carboxylic acid groups (broad SMARTS) is 1. The Bertz CT molecular complexity index is 999. The quantitative estimate of drug-likeness (QED) is 0.765. The Morgan fingerprint density at radius 1 is 1.26 bits per heavy atom. The van der Waals surface area contributed by atoms with Crippen molar-refractivity contribution in [2.45, 2.75) is 19.9 Å². The number of rotatable bonds is 4. The molecule has 0 aliphatic rings. The number of hydrogen-bond acceptors (Lipinski definition) is 4. The minimum Gasteiger partial charge on any atom is -0.477 e. The number of hydrogen-bond donors (Lipinski definition) is 2. The molecule has 0 saturated carbocycles. The standard InChI is InChI=1S/C16H14N2O4S/c1-9-11-13(23-12(9)15(20)21)17-16(22)18(14(11)19)8-7-10-5-3-2-4-6-10/h2-6H,7-8H2,1H3,(H,17,22)(H,20,21). The van der Waals surface area contributed by atoms with E-state index in [1.54, 1.807) is 6.92 Å². The minimum absolute atomic E-state index is 0.0774. The van der Waals surface area contributed by atoms with E-state index >= 15 is 0 Å². The zero-order valence-electron chi connectivity index (χ0n) is 12.3. The van der Waals surface area contributed by atoms with Crippen molar-refractivity contribution in [2.24, 2.45) is 0 Å². The highest BCUT2D eigenvalue weighted by Gasteiger charge is 2.19. The van der Waals surface area contributed by atoms with E-state index < -0.39 is 17.2 Å². The van der Waals surface area contributed by atoms with Crippen LogP contribution in [0.2, 0.25) is 0 Å². The van der Waals surface area contributed by atoms with E-state index in [4.69, 9.17) is 5.11 Å². The number of nitrogens with one attached hydrogen (secondary N) is 1. The Morgan fingerprint density at radius 2 is 1.96 bits per heavy atom. The predicted octanol–water partition coefficient (Wildman–Crippen LogP) is 2.00. The Balaban J connectivity index is 2.08. The van der Waals surface area contributed by atoms with Crippen LogP contribution in [0.15, 0.2) is 39.9 Å². The molecule has 3 rings (SSSR count). The van der Waals surface area contributed by atoms with Gasteiger partial charge in [0.2, 0.25) is 0 Å². The molecule has 0 fully saturated rings. The molecule has 2 N–H and O–H groups in total. The number of benzene rings is 1. The summed E-state index contributed by atoms with van der Waals surface area (Å²) in [5.41, 5.74) is 0.455. The second-order valence-electron chi connectivity index (χ2n) is 5.19. The third-order valence-electron chi connectivity index (χ3n) is 3.73. The average molecular weight is 330 g/mol. The summed E-state index contributed by atoms with van der Waals surface area (Å²) in [6.07, 6.45) is 0.546. The fourth-order valence-electron chi connectivity index (χ4n) is 2.54. The van der Waals surface area contributed by atoms with Gasteiger partial charge >= 0.3 is 11.7 Å². The fraction of sp³-hybridized carbons (Fsp3) is 0.188. The van der Waals surface area contributed by atoms with Crippen molar-refractivity contribution >= 4 is 27.5 Å². The van der Waals surface area contributed by atoms with Gasteiger partial charge in [0, 0.05) is 6.54 Å². The van der Waals surface area contributed by atoms with Gasteiger partial charge in [0.1, 0.15) is 9.71 Å². The van der Waals surface area contributed by atoms with Gasteiger partial charge < -0.3 is 5.11 Å². The van der Waals surface area contributed by atoms with E-state index in [0.29, 0.717) is 16.8 Å². The van der Waals surface area contributed by atoms with Crippen molar-refractivity contribution < 1.29 is 9.90 Å². The smallest absolute Gasteiger partial charge is 0.346 e. The maximum Gasteiger partial charge on any atom is 0.346 e. The zero-order chi connectivity index (χ0) is 16.6. The van der Waals surface area contributed by atoms with Crippen LogP contribution >= 0.6 is 11.3 Å². The van der Waals surface area contributed by atoms with Gasteiger partial charge in [0.25, 0.3) is 5.56 Å². The van der Waals surface area contributed by atoms with Crippen molar-refractivity contribution in [1.82, 2.24) is 9.55 Å². The van der Waals surface area contributed by atoms with Crippen molar-refractivity contribution in [3.63, 3.8) is 0 Å². The van der Waals surface area contributed by atoms with Gasteiger partial charge in [-0.3, -0.25) is 14.3 Å². The number of H-pyrrole nitrogens is 1. The fourth-order valence-corrected chi connectivity index (χ4v) is 3.57. The maximum absolute atomic E-state index is 12.6. The molecule has 1 aromatic carbocycles. The van der Waals surface area contributed by atoms with E-state index in [0.717, 1.165) is 21.5 Å². The second kappa shape index (κ2) is 5.85. The number of nitrogens with zero attached hydrogens (tertiary/aromatic N) is 1. The predicted molar refractivity (Wildman–Crippen MR) is 88.5 cm³/mol. The normalized spacial score (nSPS) is 11.0. The summed E-state index contributed by atoms with van der Waals surface area (Å²) in [4.78, 5) is 38.9. The molecule has 3 aromatic rings. The Labute approximate surface area is 134 Å². The molecular weight excluding hydrogens is 316 g/mol. The van der Waals surface area contributed by atoms with Crippen molar-refractivity contribution in [3.05, 3.63) is 67.2 Å². The van der Waals surface area contributed by atoms with Gasteiger partial charge in [0.05, 0.1) is 5.39 Å². The first-order valence-electron chi connectivity index (χ1n) is 7.02. The zero-order valence-corrected chi connectivity index (χ0v) is 13.1. The van der Waals surface area contributed by atoms with Gasteiger partial charge in [-0.05, 0) is 24.5 Å². The molecule has 0 radical (unpaired) electrons. The highest BCUT2D eigenvalue weighted by molar-refractivity contribution is 7.20. The molecule has 7 heteroatoms. The van der Waals surface area contributed by atoms with Crippen molar-refractivity contribution in [1.29, 1.82) is 0 Å². The van der Waals surface area contributed by atoms with Gasteiger partial charge in [0.15, 0.2) is 0 Å². The number of thiophene rings is 1. The summed E-state index contributed by atoms with van der Waals surface area (Å²) in [5.74, 6) is -1.10. The highest BCUT2D eigenvalue weighted by Crippen LogP contribution is 2.25. The lowest BCUT2D eigenvalue weighted by Gasteiger charge is -2.05. The number of aromatic nitrogens is 2. The van der Waals surface area contributed by atoms with Crippen LogP contribution in [0.3, 0.4) is 0 Å². The van der Waals surface area contributed by atoms with Crippen LogP contribution in [0.25, 0.3) is 10.2 Å². The first kappa shape index (κ1) is 15.2. The molecule has 0 aliphatic carbocycles. The third-order valence-corrected chi connectivity index (χ3v) is 4.93. The number of fused-ring (bicyclic) bond motifs is 1. The molecule has 0 unspecified atom stereocenters. The first-order chi connectivity index (χ1) is 11.0. The summed E-state index contributed by atoms with van der Waals surface area (Å²) < 4.78 is 1.13. The van der Waals surface area contributed by atoms with Crippen LogP contribution in [0, 0.1) is 6.92 Å². The highest BCUT2D eigenvalue weighted by atomic mass is 32.1. The first-order valence-corrected chi connectivity index (χ1v) is 7.84. The van der Waals surface area contributed by atoms with E-state index in [1.807, 2.05) is 30.3 Å². The number of carboxylic acids is 1. The van der Waals surface area contributed by atoms with Gasteiger partial charge in [-0.15, -0.1) is 11.3 Å². The number of aromatic carboxylic acids is 1. The SMILES string of the molecule is Cc1c(C(=O)O)sc2[nH]c(=O)n(CCc3ccccc3)c(=O)c12. The number of carbonyl (C=O) groups is 1. The largest absolute Gasteiger partial charge is 0.477 e. The Kier molecular flexibility index (Phi) is 3.87. The molecule has 0 aliphatic heterocycles. The molecule has 118 valence electrons. The molecular formula is C16H14N2O4S. The molecule has 0 spiro atoms. The molecule has 2 heterocycles. The molecule has 0 amide bonds. The van der Waals surface area contributed by atoms with E-state index in [-0.39, 0.29) is 16.8 Å². The van der Waals surface area contributed by atoms with Crippen LogP contribution in [0.4, 0.5) is 0 Å². The van der Waals surface area contributed by atoms with Crippen molar-refractivity contribution in [2.75, 3.05) is 0 Å². The van der Waals surface area contributed by atoms with E-state index in [9.17, 15) is 14.4 Å².